The summed E-state index contributed by atoms with van der Waals surface area (Å²) in [5.74, 6) is 0.0344. The van der Waals surface area contributed by atoms with E-state index in [9.17, 15) is 5.11 Å². The quantitative estimate of drug-likeness (QED) is 0.599. The Kier molecular flexibility index (Phi) is 1.70. The summed E-state index contributed by atoms with van der Waals surface area (Å²) in [5, 5.41) is 10.5. The van der Waals surface area contributed by atoms with Crippen LogP contribution < -0.4 is 5.73 Å². The highest BCUT2D eigenvalue weighted by atomic mass is 16.3. The van der Waals surface area contributed by atoms with Gasteiger partial charge in [-0.15, -0.1) is 0 Å². The summed E-state index contributed by atoms with van der Waals surface area (Å²) < 4.78 is 0. The van der Waals surface area contributed by atoms with Crippen molar-refractivity contribution in [2.45, 2.75) is 6.54 Å². The lowest BCUT2D eigenvalue weighted by molar-refractivity contribution is 0.355. The topological polar surface area (TPSA) is 45.9 Å². The fourth-order valence-corrected chi connectivity index (χ4v) is 0.626. The Hall–Kier alpha value is -1.02. The second-order valence-electron chi connectivity index (χ2n) is 1.85. The van der Waals surface area contributed by atoms with Gasteiger partial charge in [0.05, 0.1) is 0 Å². The van der Waals surface area contributed by atoms with E-state index in [1.54, 1.807) is 12.1 Å². The molecular weight excluding hydrogens is 114 g/mol. The molecule has 2 N–H and O–H groups in total. The van der Waals surface area contributed by atoms with Crippen molar-refractivity contribution in [3.8, 4) is 5.75 Å². The van der Waals surface area contributed by atoms with Crippen LogP contribution in [0.5, 0.6) is 5.75 Å². The van der Waals surface area contributed by atoms with Gasteiger partial charge in [-0.1, -0.05) is 12.1 Å². The normalized spacial score (nSPS) is 9.44. The van der Waals surface area contributed by atoms with Crippen LogP contribution in [0.2, 0.25) is 0 Å². The summed E-state index contributed by atoms with van der Waals surface area (Å²) in [6.07, 6.45) is 0. The first-order chi connectivity index (χ1) is 4.33. The molecule has 47 valence electrons. The highest BCUT2D eigenvalue weighted by molar-refractivity contribution is 5.25. The van der Waals surface area contributed by atoms with Gasteiger partial charge >= 0.3 is 0 Å². The van der Waals surface area contributed by atoms with E-state index in [2.05, 4.69) is 0 Å². The summed E-state index contributed by atoms with van der Waals surface area (Å²) in [6.45, 7) is 0.500. The van der Waals surface area contributed by atoms with E-state index in [4.69, 9.17) is 5.73 Å². The van der Waals surface area contributed by atoms with Crippen LogP contribution in [0, 0.1) is 0 Å². The van der Waals surface area contributed by atoms with E-state index < -0.39 is 0 Å². The Labute approximate surface area is 53.9 Å². The lowest BCUT2D eigenvalue weighted by Crippen LogP contribution is -1.94. The fraction of sp³-hybridized carbons (Fsp3) is 0.143. The standard InChI is InChI=1S/C7H8NO/c8-5-6-1-3-7(9)4-2-6/h1-4H,5,8H2. The van der Waals surface area contributed by atoms with Gasteiger partial charge < -0.3 is 5.73 Å². The number of hydrogen-bond donors (Lipinski definition) is 1. The largest absolute Gasteiger partial charge is 0.326 e. The van der Waals surface area contributed by atoms with Crippen molar-refractivity contribution < 1.29 is 5.11 Å². The zero-order chi connectivity index (χ0) is 6.69. The Morgan fingerprint density at radius 3 is 2.22 bits per heavy atom. The Balaban J connectivity index is 2.88. The van der Waals surface area contributed by atoms with Crippen LogP contribution in [-0.4, -0.2) is 0 Å². The number of nitrogens with two attached hydrogens (primary N) is 1. The first-order valence-corrected chi connectivity index (χ1v) is 2.79. The summed E-state index contributed by atoms with van der Waals surface area (Å²) in [5.41, 5.74) is 6.29. The predicted molar refractivity (Wildman–Crippen MR) is 34.5 cm³/mol. The zero-order valence-electron chi connectivity index (χ0n) is 5.00. The second kappa shape index (κ2) is 2.51. The van der Waals surface area contributed by atoms with E-state index in [1.165, 1.54) is 12.1 Å². The number of hydrogen-bond acceptors (Lipinski definition) is 1. The van der Waals surface area contributed by atoms with E-state index in [0.29, 0.717) is 6.54 Å². The average molecular weight is 122 g/mol. The molecule has 0 saturated heterocycles. The molecule has 1 aromatic carbocycles. The highest BCUT2D eigenvalue weighted by Gasteiger charge is 1.88. The van der Waals surface area contributed by atoms with Crippen LogP contribution in [0.15, 0.2) is 24.3 Å². The highest BCUT2D eigenvalue weighted by Crippen LogP contribution is 2.09. The third-order valence-electron chi connectivity index (χ3n) is 1.16. The number of benzene rings is 1. The zero-order valence-corrected chi connectivity index (χ0v) is 5.00. The molecule has 0 aliphatic rings. The van der Waals surface area contributed by atoms with Crippen molar-refractivity contribution in [3.05, 3.63) is 29.8 Å². The van der Waals surface area contributed by atoms with Crippen LogP contribution in [0.3, 0.4) is 0 Å². The van der Waals surface area contributed by atoms with E-state index >= 15 is 0 Å². The van der Waals surface area contributed by atoms with Crippen LogP contribution >= 0.6 is 0 Å². The molecular formula is C7H8NO. The molecule has 0 unspecified atom stereocenters. The van der Waals surface area contributed by atoms with Crippen molar-refractivity contribution in [1.82, 2.24) is 0 Å². The molecule has 0 heterocycles. The molecule has 0 amide bonds. The van der Waals surface area contributed by atoms with Crippen LogP contribution in [0.1, 0.15) is 5.56 Å². The van der Waals surface area contributed by atoms with Gasteiger partial charge in [0.1, 0.15) is 0 Å². The predicted octanol–water partition coefficient (Wildman–Crippen LogP) is 1.29. The molecule has 1 aromatic rings. The van der Waals surface area contributed by atoms with E-state index in [0.717, 1.165) is 5.56 Å². The maximum Gasteiger partial charge on any atom is 0.178 e. The molecule has 0 spiro atoms. The van der Waals surface area contributed by atoms with Gasteiger partial charge in [-0.3, -0.25) is 5.11 Å². The molecule has 0 fully saturated rings. The molecule has 0 aromatic heterocycles. The van der Waals surface area contributed by atoms with E-state index in [1.807, 2.05) is 0 Å². The Morgan fingerprint density at radius 2 is 1.78 bits per heavy atom. The maximum absolute atomic E-state index is 10.5. The molecule has 2 nitrogen and oxygen atoms in total. The summed E-state index contributed by atoms with van der Waals surface area (Å²) >= 11 is 0. The lowest BCUT2D eigenvalue weighted by atomic mass is 10.2. The molecule has 0 bridgehead atoms. The van der Waals surface area contributed by atoms with Crippen LogP contribution in [-0.2, 0) is 11.7 Å². The average Bonchev–Trinajstić information content (AvgIpc) is 1.90. The van der Waals surface area contributed by atoms with Crippen molar-refractivity contribution >= 4 is 0 Å². The van der Waals surface area contributed by atoms with Gasteiger partial charge in [0.15, 0.2) is 5.75 Å². The van der Waals surface area contributed by atoms with Gasteiger partial charge in [-0.25, -0.2) is 0 Å². The van der Waals surface area contributed by atoms with E-state index in [-0.39, 0.29) is 5.75 Å². The molecule has 9 heavy (non-hydrogen) atoms. The lowest BCUT2D eigenvalue weighted by Gasteiger charge is -1.91. The maximum atomic E-state index is 10.5. The third-order valence-corrected chi connectivity index (χ3v) is 1.16. The van der Waals surface area contributed by atoms with Gasteiger partial charge in [0.2, 0.25) is 0 Å². The molecule has 0 aliphatic carbocycles. The van der Waals surface area contributed by atoms with Crippen molar-refractivity contribution in [2.75, 3.05) is 0 Å². The number of rotatable bonds is 1. The first-order valence-electron chi connectivity index (χ1n) is 2.79. The van der Waals surface area contributed by atoms with Crippen molar-refractivity contribution in [1.29, 1.82) is 0 Å². The Morgan fingerprint density at radius 1 is 1.22 bits per heavy atom. The molecule has 0 saturated carbocycles. The molecule has 0 atom stereocenters. The minimum atomic E-state index is 0.0344. The smallest absolute Gasteiger partial charge is 0.178 e. The summed E-state index contributed by atoms with van der Waals surface area (Å²) in [4.78, 5) is 0. The van der Waals surface area contributed by atoms with Gasteiger partial charge in [0, 0.05) is 6.54 Å². The summed E-state index contributed by atoms with van der Waals surface area (Å²) in [6, 6.07) is 6.51. The third kappa shape index (κ3) is 1.44. The minimum absolute atomic E-state index is 0.0344. The van der Waals surface area contributed by atoms with Crippen molar-refractivity contribution in [2.24, 2.45) is 5.73 Å². The molecule has 2 heteroatoms. The second-order valence-corrected chi connectivity index (χ2v) is 1.85. The first kappa shape index (κ1) is 6.11. The molecule has 1 rings (SSSR count). The van der Waals surface area contributed by atoms with Gasteiger partial charge in [0.25, 0.3) is 0 Å². The van der Waals surface area contributed by atoms with Gasteiger partial charge in [-0.2, -0.15) is 0 Å². The fourth-order valence-electron chi connectivity index (χ4n) is 0.626. The van der Waals surface area contributed by atoms with Crippen molar-refractivity contribution in [3.63, 3.8) is 0 Å². The Bertz CT molecular complexity index is 181. The molecule has 0 aliphatic heterocycles. The molecule has 1 radical (unpaired) electrons. The van der Waals surface area contributed by atoms with Crippen LogP contribution in [0.25, 0.3) is 0 Å². The van der Waals surface area contributed by atoms with Gasteiger partial charge in [-0.05, 0) is 17.7 Å². The van der Waals surface area contributed by atoms with Crippen LogP contribution in [0.4, 0.5) is 0 Å². The minimum Gasteiger partial charge on any atom is -0.326 e. The summed E-state index contributed by atoms with van der Waals surface area (Å²) in [7, 11) is 0. The SMILES string of the molecule is NCc1ccc([O])cc1. The monoisotopic (exact) mass is 122 g/mol.